The van der Waals surface area contributed by atoms with Crippen molar-refractivity contribution in [3.63, 3.8) is 0 Å². The topological polar surface area (TPSA) is 35.5 Å². The van der Waals surface area contributed by atoms with Crippen LogP contribution >= 0.6 is 0 Å². The summed E-state index contributed by atoms with van der Waals surface area (Å²) in [4.78, 5) is 2.43. The molecule has 88 valence electrons. The van der Waals surface area contributed by atoms with Gasteiger partial charge in [-0.15, -0.1) is 0 Å². The van der Waals surface area contributed by atoms with Crippen molar-refractivity contribution in [1.82, 2.24) is 10.2 Å². The van der Waals surface area contributed by atoms with Gasteiger partial charge in [-0.2, -0.15) is 0 Å². The number of hydrogen-bond donors (Lipinski definition) is 2. The first kappa shape index (κ1) is 12.7. The number of likely N-dealkylation sites (tertiary alicyclic amines) is 1. The maximum absolute atomic E-state index is 9.48. The largest absolute Gasteiger partial charge is 0.393 e. The third-order valence-electron chi connectivity index (χ3n) is 3.19. The second kappa shape index (κ2) is 6.26. The molecule has 1 aliphatic heterocycles. The summed E-state index contributed by atoms with van der Waals surface area (Å²) < 4.78 is 0. The van der Waals surface area contributed by atoms with Crippen LogP contribution in [0.15, 0.2) is 12.2 Å². The number of hydrogen-bond acceptors (Lipinski definition) is 3. The summed E-state index contributed by atoms with van der Waals surface area (Å²) in [5.74, 6) is 0.499. The van der Waals surface area contributed by atoms with Crippen LogP contribution in [0.4, 0.5) is 0 Å². The van der Waals surface area contributed by atoms with Crippen molar-refractivity contribution in [2.45, 2.75) is 25.9 Å². The lowest BCUT2D eigenvalue weighted by molar-refractivity contribution is 0.0747. The highest BCUT2D eigenvalue weighted by atomic mass is 16.3. The van der Waals surface area contributed by atoms with Gasteiger partial charge in [-0.1, -0.05) is 6.58 Å². The zero-order valence-corrected chi connectivity index (χ0v) is 10.00. The van der Waals surface area contributed by atoms with Crippen LogP contribution in [0.5, 0.6) is 0 Å². The van der Waals surface area contributed by atoms with Crippen LogP contribution in [0, 0.1) is 5.92 Å². The van der Waals surface area contributed by atoms with E-state index >= 15 is 0 Å². The van der Waals surface area contributed by atoms with E-state index in [1.165, 1.54) is 5.57 Å². The van der Waals surface area contributed by atoms with Crippen molar-refractivity contribution in [3.8, 4) is 0 Å². The normalized spacial score (nSPS) is 21.5. The molecule has 3 heteroatoms. The van der Waals surface area contributed by atoms with Gasteiger partial charge in [-0.3, -0.25) is 4.90 Å². The highest BCUT2D eigenvalue weighted by Gasteiger charge is 2.22. The number of aliphatic hydroxyl groups excluding tert-OH is 1. The van der Waals surface area contributed by atoms with Crippen LogP contribution in [0.3, 0.4) is 0 Å². The van der Waals surface area contributed by atoms with Gasteiger partial charge in [0, 0.05) is 13.1 Å². The van der Waals surface area contributed by atoms with Gasteiger partial charge in [0.2, 0.25) is 0 Å². The Balaban J connectivity index is 2.22. The minimum atomic E-state index is -0.146. The van der Waals surface area contributed by atoms with Gasteiger partial charge < -0.3 is 10.4 Å². The van der Waals surface area contributed by atoms with Gasteiger partial charge in [-0.25, -0.2) is 0 Å². The molecule has 0 radical (unpaired) electrons. The summed E-state index contributed by atoms with van der Waals surface area (Å²) in [7, 11) is 1.95. The number of nitrogens with one attached hydrogen (secondary N) is 1. The van der Waals surface area contributed by atoms with E-state index < -0.39 is 0 Å². The van der Waals surface area contributed by atoms with Crippen LogP contribution in [-0.2, 0) is 0 Å². The predicted molar refractivity (Wildman–Crippen MR) is 63.9 cm³/mol. The molecule has 15 heavy (non-hydrogen) atoms. The first-order chi connectivity index (χ1) is 7.13. The predicted octanol–water partition coefficient (Wildman–Crippen LogP) is 0.855. The van der Waals surface area contributed by atoms with Crippen molar-refractivity contribution in [1.29, 1.82) is 0 Å². The molecule has 1 aliphatic rings. The summed E-state index contributed by atoms with van der Waals surface area (Å²) in [6.07, 6.45) is 2.09. The third kappa shape index (κ3) is 4.33. The molecule has 0 amide bonds. The number of aliphatic hydroxyl groups is 1. The lowest BCUT2D eigenvalue weighted by atomic mass is 9.92. The molecular weight excluding hydrogens is 188 g/mol. The molecule has 1 fully saturated rings. The first-order valence-corrected chi connectivity index (χ1v) is 5.85. The van der Waals surface area contributed by atoms with Crippen molar-refractivity contribution < 1.29 is 5.11 Å². The second-order valence-corrected chi connectivity index (χ2v) is 4.63. The average molecular weight is 212 g/mol. The quantitative estimate of drug-likeness (QED) is 0.663. The second-order valence-electron chi connectivity index (χ2n) is 4.63. The van der Waals surface area contributed by atoms with Crippen molar-refractivity contribution in [2.24, 2.45) is 5.92 Å². The van der Waals surface area contributed by atoms with Crippen LogP contribution in [-0.4, -0.2) is 49.3 Å². The highest BCUT2D eigenvalue weighted by Crippen LogP contribution is 2.20. The summed E-state index contributed by atoms with van der Waals surface area (Å²) in [5.41, 5.74) is 1.24. The van der Waals surface area contributed by atoms with Gasteiger partial charge in [0.1, 0.15) is 0 Å². The number of piperidine rings is 1. The molecule has 0 spiro atoms. The summed E-state index contributed by atoms with van der Waals surface area (Å²) in [6.45, 7) is 10.0. The number of likely N-dealkylation sites (N-methyl/N-ethyl adjacent to an activating group) is 1. The molecule has 1 unspecified atom stereocenters. The van der Waals surface area contributed by atoms with Crippen molar-refractivity contribution in [3.05, 3.63) is 12.2 Å². The van der Waals surface area contributed by atoms with Crippen LogP contribution in [0.25, 0.3) is 0 Å². The van der Waals surface area contributed by atoms with Crippen molar-refractivity contribution >= 4 is 0 Å². The van der Waals surface area contributed by atoms with Crippen LogP contribution in [0.2, 0.25) is 0 Å². The molecule has 3 nitrogen and oxygen atoms in total. The van der Waals surface area contributed by atoms with E-state index in [0.29, 0.717) is 5.92 Å². The molecule has 1 heterocycles. The Hall–Kier alpha value is -0.380. The molecule has 0 bridgehead atoms. The van der Waals surface area contributed by atoms with E-state index in [1.54, 1.807) is 0 Å². The third-order valence-corrected chi connectivity index (χ3v) is 3.19. The SMILES string of the molecule is C=C(CNC)CN1CCC(C(C)O)CC1. The Labute approximate surface area is 93.2 Å². The van der Waals surface area contributed by atoms with E-state index in [0.717, 1.165) is 39.0 Å². The monoisotopic (exact) mass is 212 g/mol. The molecular formula is C12H24N2O. The van der Waals surface area contributed by atoms with Gasteiger partial charge in [0.25, 0.3) is 0 Å². The molecule has 1 saturated heterocycles. The van der Waals surface area contributed by atoms with E-state index in [-0.39, 0.29) is 6.10 Å². The molecule has 0 saturated carbocycles. The van der Waals surface area contributed by atoms with E-state index in [4.69, 9.17) is 0 Å². The summed E-state index contributed by atoms with van der Waals surface area (Å²) in [6, 6.07) is 0. The number of rotatable bonds is 5. The first-order valence-electron chi connectivity index (χ1n) is 5.85. The van der Waals surface area contributed by atoms with Gasteiger partial charge in [0.15, 0.2) is 0 Å². The molecule has 0 aromatic rings. The molecule has 0 aromatic heterocycles. The smallest absolute Gasteiger partial charge is 0.0541 e. The summed E-state index contributed by atoms with van der Waals surface area (Å²) in [5, 5.41) is 12.6. The Morgan fingerprint density at radius 2 is 2.13 bits per heavy atom. The lowest BCUT2D eigenvalue weighted by Crippen LogP contribution is -2.38. The molecule has 0 aliphatic carbocycles. The van der Waals surface area contributed by atoms with E-state index in [2.05, 4.69) is 16.8 Å². The molecule has 1 rings (SSSR count). The van der Waals surface area contributed by atoms with Crippen molar-refractivity contribution in [2.75, 3.05) is 33.2 Å². The Bertz CT molecular complexity index is 196. The standard InChI is InChI=1S/C12H24N2O/c1-10(8-13-3)9-14-6-4-12(5-7-14)11(2)15/h11-13,15H,1,4-9H2,2-3H3. The minimum Gasteiger partial charge on any atom is -0.393 e. The van der Waals surface area contributed by atoms with Gasteiger partial charge in [-0.05, 0) is 51.4 Å². The lowest BCUT2D eigenvalue weighted by Gasteiger charge is -2.33. The molecule has 2 N–H and O–H groups in total. The Kier molecular flexibility index (Phi) is 5.29. The Morgan fingerprint density at radius 3 is 2.60 bits per heavy atom. The minimum absolute atomic E-state index is 0.146. The van der Waals surface area contributed by atoms with Gasteiger partial charge >= 0.3 is 0 Å². The maximum Gasteiger partial charge on any atom is 0.0541 e. The maximum atomic E-state index is 9.48. The zero-order chi connectivity index (χ0) is 11.3. The van der Waals surface area contributed by atoms with E-state index in [9.17, 15) is 5.11 Å². The van der Waals surface area contributed by atoms with Crippen LogP contribution < -0.4 is 5.32 Å². The average Bonchev–Trinajstić information content (AvgIpc) is 2.18. The fraction of sp³-hybridized carbons (Fsp3) is 0.833. The fourth-order valence-corrected chi connectivity index (χ4v) is 2.22. The Morgan fingerprint density at radius 1 is 1.53 bits per heavy atom. The fourth-order valence-electron chi connectivity index (χ4n) is 2.22. The molecule has 0 aromatic carbocycles. The van der Waals surface area contributed by atoms with E-state index in [1.807, 2.05) is 14.0 Å². The number of nitrogens with zero attached hydrogens (tertiary/aromatic N) is 1. The summed E-state index contributed by atoms with van der Waals surface area (Å²) >= 11 is 0. The van der Waals surface area contributed by atoms with Gasteiger partial charge in [0.05, 0.1) is 6.10 Å². The molecule has 1 atom stereocenters. The van der Waals surface area contributed by atoms with Crippen LogP contribution in [0.1, 0.15) is 19.8 Å². The highest BCUT2D eigenvalue weighted by molar-refractivity contribution is 5.00. The zero-order valence-electron chi connectivity index (χ0n) is 10.00.